The highest BCUT2D eigenvalue weighted by Gasteiger charge is 2.62. The molecule has 6 atom stereocenters. The molecule has 5 saturated carbocycles. The monoisotopic (exact) mass is 317 g/mol. The quantitative estimate of drug-likeness (QED) is 0.799. The van der Waals surface area contributed by atoms with Crippen molar-refractivity contribution < 1.29 is 12.6 Å². The summed E-state index contributed by atoms with van der Waals surface area (Å²) in [5.41, 5.74) is 5.45. The Hall–Kier alpha value is -1.12. The summed E-state index contributed by atoms with van der Waals surface area (Å²) in [5, 5.41) is 20.3. The number of nitriles is 1. The van der Waals surface area contributed by atoms with E-state index in [4.69, 9.17) is 8.48 Å². The molecule has 124 valence electrons. The first-order valence-electron chi connectivity index (χ1n) is 9.89. The van der Waals surface area contributed by atoms with Gasteiger partial charge in [0.1, 0.15) is 6.04 Å². The van der Waals surface area contributed by atoms with Crippen LogP contribution in [0, 0.1) is 34.5 Å². The maximum atomic E-state index is 13.3. The maximum Gasteiger partial charge on any atom is 0.241 e. The van der Waals surface area contributed by atoms with Gasteiger partial charge in [-0.3, -0.25) is 4.79 Å². The second kappa shape index (κ2) is 4.29. The molecular formula is C18H25N3O2. The third-order valence-corrected chi connectivity index (χ3v) is 7.17. The van der Waals surface area contributed by atoms with Gasteiger partial charge in [-0.1, -0.05) is 0 Å². The van der Waals surface area contributed by atoms with Crippen molar-refractivity contribution in [1.29, 1.82) is 5.26 Å². The fourth-order valence-electron chi connectivity index (χ4n) is 6.66. The number of likely N-dealkylation sites (tertiary alicyclic amines) is 1. The van der Waals surface area contributed by atoms with Gasteiger partial charge in [0.25, 0.3) is 0 Å². The molecule has 1 heterocycles. The summed E-state index contributed by atoms with van der Waals surface area (Å²) < 4.78 is 16.1. The van der Waals surface area contributed by atoms with Gasteiger partial charge in [-0.25, -0.2) is 0 Å². The molecule has 23 heavy (non-hydrogen) atoms. The first kappa shape index (κ1) is 12.3. The Morgan fingerprint density at radius 2 is 2.04 bits per heavy atom. The summed E-state index contributed by atoms with van der Waals surface area (Å²) in [6, 6.07) is 0.370. The number of rotatable bonds is 2. The minimum Gasteiger partial charge on any atom is -0.390 e. The molecular weight excluding hydrogens is 290 g/mol. The van der Waals surface area contributed by atoms with Crippen molar-refractivity contribution in [3.05, 3.63) is 0 Å². The first-order chi connectivity index (χ1) is 11.7. The third kappa shape index (κ3) is 1.88. The Bertz CT molecular complexity index is 676. The molecule has 5 heteroatoms. The zero-order valence-electron chi connectivity index (χ0n) is 15.2. The van der Waals surface area contributed by atoms with E-state index in [1.54, 1.807) is 0 Å². The van der Waals surface area contributed by atoms with Crippen LogP contribution in [-0.2, 0) is 4.79 Å². The Labute approximate surface area is 139 Å². The Balaban J connectivity index is 1.44. The average molecular weight is 317 g/mol. The van der Waals surface area contributed by atoms with Crippen LogP contribution in [0.4, 0.5) is 0 Å². The predicted octanol–water partition coefficient (Wildman–Crippen LogP) is 1.16. The van der Waals surface area contributed by atoms with Crippen LogP contribution >= 0.6 is 0 Å². The predicted molar refractivity (Wildman–Crippen MR) is 82.8 cm³/mol. The van der Waals surface area contributed by atoms with Crippen LogP contribution in [0.1, 0.15) is 54.1 Å². The number of nitrogens with two attached hydrogens (primary N) is 1. The molecule has 1 amide bonds. The Morgan fingerprint density at radius 1 is 1.35 bits per heavy atom. The van der Waals surface area contributed by atoms with Gasteiger partial charge in [-0.2, -0.15) is 5.26 Å². The molecule has 5 nitrogen and oxygen atoms in total. The van der Waals surface area contributed by atoms with Crippen LogP contribution in [0.25, 0.3) is 0 Å². The third-order valence-electron chi connectivity index (χ3n) is 7.17. The second-order valence-electron chi connectivity index (χ2n) is 8.87. The van der Waals surface area contributed by atoms with Crippen LogP contribution < -0.4 is 5.73 Å². The largest absolute Gasteiger partial charge is 0.390 e. The van der Waals surface area contributed by atoms with Crippen molar-refractivity contribution in [2.45, 2.75) is 75.0 Å². The molecule has 1 saturated heterocycles. The summed E-state index contributed by atoms with van der Waals surface area (Å²) >= 11 is 0. The van der Waals surface area contributed by atoms with E-state index in [-0.39, 0.29) is 17.2 Å². The van der Waals surface area contributed by atoms with Gasteiger partial charge in [-0.15, -0.1) is 0 Å². The minimum atomic E-state index is -1.39. The van der Waals surface area contributed by atoms with Crippen molar-refractivity contribution in [2.75, 3.05) is 0 Å². The summed E-state index contributed by atoms with van der Waals surface area (Å²) in [5.74, 6) is 0.380. The molecule has 4 bridgehead atoms. The Kier molecular flexibility index (Phi) is 2.29. The summed E-state index contributed by atoms with van der Waals surface area (Å²) in [6.45, 7) is 0. The van der Waals surface area contributed by atoms with E-state index in [9.17, 15) is 15.2 Å². The molecule has 0 radical (unpaired) electrons. The lowest BCUT2D eigenvalue weighted by molar-refractivity contribution is -0.177. The molecule has 0 aromatic carbocycles. The molecule has 5 aliphatic carbocycles. The van der Waals surface area contributed by atoms with Gasteiger partial charge in [0.2, 0.25) is 5.91 Å². The molecule has 6 aliphatic rings. The number of fused-ring (bicyclic) bond motifs is 1. The number of aliphatic hydroxyl groups is 1. The number of carbonyl (C=O) groups excluding carboxylic acids is 1. The summed E-state index contributed by atoms with van der Waals surface area (Å²) in [6.07, 6.45) is 4.13. The van der Waals surface area contributed by atoms with Crippen LogP contribution in [0.3, 0.4) is 0 Å². The molecule has 0 aromatic heterocycles. The highest BCUT2D eigenvalue weighted by Crippen LogP contribution is 2.63. The molecule has 6 rings (SSSR count). The zero-order chi connectivity index (χ0) is 17.8. The van der Waals surface area contributed by atoms with E-state index < -0.39 is 30.1 Å². The van der Waals surface area contributed by atoms with Gasteiger partial charge < -0.3 is 15.7 Å². The van der Waals surface area contributed by atoms with Gasteiger partial charge >= 0.3 is 0 Å². The second-order valence-corrected chi connectivity index (χ2v) is 8.87. The zero-order valence-corrected chi connectivity index (χ0v) is 13.2. The average Bonchev–Trinajstić information content (AvgIpc) is 2.89. The van der Waals surface area contributed by atoms with Crippen molar-refractivity contribution in [2.24, 2.45) is 28.9 Å². The lowest BCUT2D eigenvalue weighted by Gasteiger charge is -2.61. The number of hydrogen-bond donors (Lipinski definition) is 2. The van der Waals surface area contributed by atoms with Crippen LogP contribution in [0.5, 0.6) is 0 Å². The standard InChI is InChI=1S/C18H25N3O2/c19-8-13-2-12-3-14(12)21(13)16(22)15(20)17-4-10-1-11(5-17)7-18(23,6-10)9-17/h10-15,23H,1-7,9,20H2/t10?,11?,12-,13?,14+,15-,17?,18?/m1/s1/i3D2. The summed E-state index contributed by atoms with van der Waals surface area (Å²) in [4.78, 5) is 14.7. The SMILES string of the molecule is [2H]C1([2H])[C@H]2CC(C#N)N(C(=O)[C@@H](N)C34CC5CC(CC(O)(C5)C3)C4)[C@H]21. The topological polar surface area (TPSA) is 90.4 Å². The van der Waals surface area contributed by atoms with Crippen molar-refractivity contribution >= 4 is 5.91 Å². The normalized spacial score (nSPS) is 57.3. The van der Waals surface area contributed by atoms with Crippen molar-refractivity contribution in [3.63, 3.8) is 0 Å². The van der Waals surface area contributed by atoms with Gasteiger partial charge in [0.15, 0.2) is 0 Å². The highest BCUT2D eigenvalue weighted by atomic mass is 16.3. The smallest absolute Gasteiger partial charge is 0.241 e. The van der Waals surface area contributed by atoms with Gasteiger partial charge in [0, 0.05) is 8.78 Å². The maximum absolute atomic E-state index is 13.3. The van der Waals surface area contributed by atoms with Crippen LogP contribution in [0.2, 0.25) is 0 Å². The van der Waals surface area contributed by atoms with Crippen LogP contribution in [-0.4, -0.2) is 39.6 Å². The van der Waals surface area contributed by atoms with E-state index in [0.29, 0.717) is 24.7 Å². The number of amides is 1. The number of piperidine rings is 1. The molecule has 1 aliphatic heterocycles. The fraction of sp³-hybridized carbons (Fsp3) is 0.889. The van der Waals surface area contributed by atoms with E-state index in [0.717, 1.165) is 32.1 Å². The van der Waals surface area contributed by atoms with Gasteiger partial charge in [0.05, 0.1) is 17.7 Å². The van der Waals surface area contributed by atoms with Crippen molar-refractivity contribution in [1.82, 2.24) is 4.90 Å². The lowest BCUT2D eigenvalue weighted by atomic mass is 9.46. The molecule has 0 aromatic rings. The van der Waals surface area contributed by atoms with E-state index in [2.05, 4.69) is 6.07 Å². The Morgan fingerprint density at radius 3 is 2.65 bits per heavy atom. The first-order valence-corrected chi connectivity index (χ1v) is 8.89. The molecule has 3 unspecified atom stereocenters. The van der Waals surface area contributed by atoms with Crippen molar-refractivity contribution in [3.8, 4) is 6.07 Å². The fourth-order valence-corrected chi connectivity index (χ4v) is 6.66. The molecule has 0 spiro atoms. The van der Waals surface area contributed by atoms with E-state index >= 15 is 0 Å². The minimum absolute atomic E-state index is 0.228. The van der Waals surface area contributed by atoms with E-state index in [1.807, 2.05) is 0 Å². The van der Waals surface area contributed by atoms with Crippen LogP contribution in [0.15, 0.2) is 0 Å². The number of hydrogen-bond acceptors (Lipinski definition) is 4. The van der Waals surface area contributed by atoms with E-state index in [1.165, 1.54) is 4.90 Å². The lowest BCUT2D eigenvalue weighted by Crippen LogP contribution is -2.64. The highest BCUT2D eigenvalue weighted by molar-refractivity contribution is 5.84. The van der Waals surface area contributed by atoms with Gasteiger partial charge in [-0.05, 0) is 74.5 Å². The summed E-state index contributed by atoms with van der Waals surface area (Å²) in [7, 11) is 0. The molecule has 3 N–H and O–H groups in total. The number of carbonyl (C=O) groups is 1. The molecule has 6 fully saturated rings. The number of nitrogens with zero attached hydrogens (tertiary/aromatic N) is 2.